The molecule has 0 aliphatic carbocycles. The number of nitrogens with zero attached hydrogens (tertiary/aromatic N) is 1. The van der Waals surface area contributed by atoms with Gasteiger partial charge in [-0.05, 0) is 12.0 Å². The highest BCUT2D eigenvalue weighted by Crippen LogP contribution is 2.17. The predicted octanol–water partition coefficient (Wildman–Crippen LogP) is 1.90. The number of carbonyl (C=O) groups excluding carboxylic acids is 2. The van der Waals surface area contributed by atoms with Gasteiger partial charge in [-0.3, -0.25) is 9.69 Å². The van der Waals surface area contributed by atoms with Crippen LogP contribution < -0.4 is 5.32 Å². The molecule has 0 spiro atoms. The molecule has 1 atom stereocenters. The van der Waals surface area contributed by atoms with Crippen molar-refractivity contribution in [2.75, 3.05) is 0 Å². The van der Waals surface area contributed by atoms with Crippen molar-refractivity contribution in [2.24, 2.45) is 5.92 Å². The quantitative estimate of drug-likeness (QED) is 0.833. The van der Waals surface area contributed by atoms with Gasteiger partial charge in [0.15, 0.2) is 0 Å². The highest BCUT2D eigenvalue weighted by Gasteiger charge is 2.39. The maximum atomic E-state index is 13.5. The van der Waals surface area contributed by atoms with E-state index >= 15 is 0 Å². The van der Waals surface area contributed by atoms with Gasteiger partial charge >= 0.3 is 6.03 Å². The van der Waals surface area contributed by atoms with Crippen molar-refractivity contribution < 1.29 is 14.0 Å². The molecule has 1 aromatic rings. The maximum Gasteiger partial charge on any atom is 0.325 e. The Morgan fingerprint density at radius 1 is 1.33 bits per heavy atom. The molecule has 18 heavy (non-hydrogen) atoms. The molecule has 2 rings (SSSR count). The summed E-state index contributed by atoms with van der Waals surface area (Å²) in [7, 11) is 0. The summed E-state index contributed by atoms with van der Waals surface area (Å²) in [6.45, 7) is 3.69. The topological polar surface area (TPSA) is 49.4 Å². The Morgan fingerprint density at radius 3 is 2.56 bits per heavy atom. The molecule has 4 nitrogen and oxygen atoms in total. The zero-order chi connectivity index (χ0) is 13.3. The first-order valence-electron chi connectivity index (χ1n) is 5.86. The molecule has 1 saturated heterocycles. The lowest BCUT2D eigenvalue weighted by atomic mass is 10.0. The highest BCUT2D eigenvalue weighted by molar-refractivity contribution is 6.04. The van der Waals surface area contributed by atoms with Gasteiger partial charge in [-0.2, -0.15) is 0 Å². The Morgan fingerprint density at radius 2 is 2.00 bits per heavy atom. The molecule has 0 radical (unpaired) electrons. The molecule has 0 aromatic heterocycles. The van der Waals surface area contributed by atoms with Gasteiger partial charge < -0.3 is 5.32 Å². The van der Waals surface area contributed by atoms with Crippen LogP contribution in [0.25, 0.3) is 0 Å². The first kappa shape index (κ1) is 12.5. The van der Waals surface area contributed by atoms with Gasteiger partial charge in [-0.25, -0.2) is 9.18 Å². The normalized spacial score (nSPS) is 19.6. The molecule has 0 saturated carbocycles. The molecule has 96 valence electrons. The summed E-state index contributed by atoms with van der Waals surface area (Å²) in [5.74, 6) is -0.684. The number of carbonyl (C=O) groups is 2. The van der Waals surface area contributed by atoms with Gasteiger partial charge in [0.2, 0.25) is 0 Å². The second-order valence-electron chi connectivity index (χ2n) is 4.69. The zero-order valence-corrected chi connectivity index (χ0v) is 10.3. The molecule has 3 amide bonds. The Bertz CT molecular complexity index is 488. The Hall–Kier alpha value is -1.91. The smallest absolute Gasteiger partial charge is 0.325 e. The summed E-state index contributed by atoms with van der Waals surface area (Å²) in [6, 6.07) is 5.16. The molecule has 1 heterocycles. The SMILES string of the molecule is CC(C)[C@@H]1NC(=O)N(Cc2ccccc2F)C1=O. The number of hydrogen-bond donors (Lipinski definition) is 1. The maximum absolute atomic E-state index is 13.5. The van der Waals surface area contributed by atoms with E-state index in [9.17, 15) is 14.0 Å². The van der Waals surface area contributed by atoms with Crippen molar-refractivity contribution in [1.82, 2.24) is 10.2 Å². The fraction of sp³-hybridized carbons (Fsp3) is 0.385. The van der Waals surface area contributed by atoms with E-state index in [1.54, 1.807) is 18.2 Å². The van der Waals surface area contributed by atoms with Crippen LogP contribution in [0.4, 0.5) is 9.18 Å². The number of benzene rings is 1. The third-order valence-corrected chi connectivity index (χ3v) is 3.01. The van der Waals surface area contributed by atoms with Crippen molar-refractivity contribution in [3.63, 3.8) is 0 Å². The average Bonchev–Trinajstić information content (AvgIpc) is 2.60. The third kappa shape index (κ3) is 2.20. The fourth-order valence-electron chi connectivity index (χ4n) is 1.94. The second kappa shape index (κ2) is 4.76. The number of halogens is 1. The van der Waals surface area contributed by atoms with E-state index in [0.29, 0.717) is 5.56 Å². The van der Waals surface area contributed by atoms with Gasteiger partial charge in [-0.1, -0.05) is 32.0 Å². The van der Waals surface area contributed by atoms with Crippen LogP contribution in [0.2, 0.25) is 0 Å². The molecule has 1 N–H and O–H groups in total. The minimum atomic E-state index is -0.510. The van der Waals surface area contributed by atoms with Gasteiger partial charge in [0.1, 0.15) is 11.9 Å². The summed E-state index contributed by atoms with van der Waals surface area (Å²) >= 11 is 0. The van der Waals surface area contributed by atoms with E-state index in [0.717, 1.165) is 4.90 Å². The third-order valence-electron chi connectivity index (χ3n) is 3.01. The van der Waals surface area contributed by atoms with Crippen LogP contribution in [-0.2, 0) is 11.3 Å². The minimum absolute atomic E-state index is 0.0204. The lowest BCUT2D eigenvalue weighted by Gasteiger charge is -2.14. The first-order valence-corrected chi connectivity index (χ1v) is 5.86. The van der Waals surface area contributed by atoms with Crippen molar-refractivity contribution >= 4 is 11.9 Å². The Balaban J connectivity index is 2.18. The number of nitrogens with one attached hydrogen (secondary N) is 1. The summed E-state index contributed by atoms with van der Waals surface area (Å²) < 4.78 is 13.5. The van der Waals surface area contributed by atoms with Crippen molar-refractivity contribution in [2.45, 2.75) is 26.4 Å². The van der Waals surface area contributed by atoms with Crippen LogP contribution in [0.3, 0.4) is 0 Å². The molecule has 5 heteroatoms. The Labute approximate surface area is 105 Å². The van der Waals surface area contributed by atoms with Crippen LogP contribution >= 0.6 is 0 Å². The molecule has 1 aromatic carbocycles. The van der Waals surface area contributed by atoms with Crippen LogP contribution in [0.5, 0.6) is 0 Å². The Kier molecular flexibility index (Phi) is 3.32. The summed E-state index contributed by atoms with van der Waals surface area (Å²) in [4.78, 5) is 24.7. The van der Waals surface area contributed by atoms with E-state index in [4.69, 9.17) is 0 Å². The highest BCUT2D eigenvalue weighted by atomic mass is 19.1. The summed E-state index contributed by atoms with van der Waals surface area (Å²) in [6.07, 6.45) is 0. The lowest BCUT2D eigenvalue weighted by Crippen LogP contribution is -2.34. The van der Waals surface area contributed by atoms with Crippen LogP contribution in [-0.4, -0.2) is 22.9 Å². The molecule has 1 aliphatic heterocycles. The van der Waals surface area contributed by atoms with Crippen molar-refractivity contribution in [1.29, 1.82) is 0 Å². The number of imide groups is 1. The van der Waals surface area contributed by atoms with E-state index in [-0.39, 0.29) is 18.4 Å². The van der Waals surface area contributed by atoms with Gasteiger partial charge in [-0.15, -0.1) is 0 Å². The van der Waals surface area contributed by atoms with Crippen molar-refractivity contribution in [3.05, 3.63) is 35.6 Å². The molecule has 1 fully saturated rings. The number of urea groups is 1. The first-order chi connectivity index (χ1) is 8.50. The average molecular weight is 250 g/mol. The van der Waals surface area contributed by atoms with Crippen molar-refractivity contribution in [3.8, 4) is 0 Å². The second-order valence-corrected chi connectivity index (χ2v) is 4.69. The van der Waals surface area contributed by atoms with Crippen LogP contribution in [0.15, 0.2) is 24.3 Å². The summed E-state index contributed by atoms with van der Waals surface area (Å²) in [5.41, 5.74) is 0.338. The standard InChI is InChI=1S/C13H15FN2O2/c1-8(2)11-12(17)16(13(18)15-11)7-9-5-3-4-6-10(9)14/h3-6,8,11H,7H2,1-2H3,(H,15,18)/t11-/m0/s1. The molecule has 1 aliphatic rings. The van der Waals surface area contributed by atoms with E-state index < -0.39 is 17.9 Å². The number of rotatable bonds is 3. The molecule has 0 bridgehead atoms. The number of amides is 3. The van der Waals surface area contributed by atoms with Gasteiger partial charge in [0.05, 0.1) is 6.54 Å². The van der Waals surface area contributed by atoms with E-state index in [1.165, 1.54) is 6.07 Å². The zero-order valence-electron chi connectivity index (χ0n) is 10.3. The van der Waals surface area contributed by atoms with Gasteiger partial charge in [0.25, 0.3) is 5.91 Å². The fourth-order valence-corrected chi connectivity index (χ4v) is 1.94. The lowest BCUT2D eigenvalue weighted by molar-refractivity contribution is -0.128. The number of hydrogen-bond acceptors (Lipinski definition) is 2. The van der Waals surface area contributed by atoms with E-state index in [1.807, 2.05) is 13.8 Å². The molecular weight excluding hydrogens is 235 g/mol. The van der Waals surface area contributed by atoms with E-state index in [2.05, 4.69) is 5.32 Å². The van der Waals surface area contributed by atoms with Crippen LogP contribution in [0, 0.1) is 11.7 Å². The molecule has 0 unspecified atom stereocenters. The minimum Gasteiger partial charge on any atom is -0.326 e. The summed E-state index contributed by atoms with van der Waals surface area (Å²) in [5, 5.41) is 2.61. The predicted molar refractivity (Wildman–Crippen MR) is 64.1 cm³/mol. The van der Waals surface area contributed by atoms with Crippen LogP contribution in [0.1, 0.15) is 19.4 Å². The monoisotopic (exact) mass is 250 g/mol. The largest absolute Gasteiger partial charge is 0.326 e. The van der Waals surface area contributed by atoms with Gasteiger partial charge in [0, 0.05) is 5.56 Å². The molecular formula is C13H15FN2O2.